The third kappa shape index (κ3) is 4.07. The molecule has 0 unspecified atom stereocenters. The van der Waals surface area contributed by atoms with Crippen molar-refractivity contribution in [2.24, 2.45) is 0 Å². The summed E-state index contributed by atoms with van der Waals surface area (Å²) >= 11 is 5.92. The summed E-state index contributed by atoms with van der Waals surface area (Å²) in [5, 5.41) is 3.66. The fraction of sp³-hybridized carbons (Fsp3) is 0.333. The molecule has 146 valence electrons. The summed E-state index contributed by atoms with van der Waals surface area (Å²) in [6, 6.07) is 17.1. The molecule has 2 aromatic carbocycles. The standard InChI is InChI=1S/C21H23ClN4O2/c22-16-6-8-19(9-7-16)26-15-17(14-20(26)27)23-21(28)25-12-10-24(11-13-25)18-4-2-1-3-5-18/h1-9,17H,10-15H2,(H,23,28)/t17-/m0/s1. The summed E-state index contributed by atoms with van der Waals surface area (Å²) in [6.07, 6.45) is 0.318. The Morgan fingerprint density at radius 3 is 2.29 bits per heavy atom. The lowest BCUT2D eigenvalue weighted by Crippen LogP contribution is -2.53. The number of rotatable bonds is 3. The number of amides is 3. The van der Waals surface area contributed by atoms with Gasteiger partial charge in [-0.3, -0.25) is 4.79 Å². The van der Waals surface area contributed by atoms with Gasteiger partial charge in [0.1, 0.15) is 0 Å². The number of para-hydroxylation sites is 1. The lowest BCUT2D eigenvalue weighted by Gasteiger charge is -2.36. The smallest absolute Gasteiger partial charge is 0.317 e. The molecule has 6 nitrogen and oxygen atoms in total. The number of nitrogens with one attached hydrogen (secondary N) is 1. The monoisotopic (exact) mass is 398 g/mol. The van der Waals surface area contributed by atoms with Crippen LogP contribution in [0.15, 0.2) is 54.6 Å². The zero-order chi connectivity index (χ0) is 19.5. The third-order valence-corrected chi connectivity index (χ3v) is 5.53. The van der Waals surface area contributed by atoms with Gasteiger partial charge in [0.25, 0.3) is 0 Å². The van der Waals surface area contributed by atoms with Gasteiger partial charge in [0.15, 0.2) is 0 Å². The highest BCUT2D eigenvalue weighted by Gasteiger charge is 2.33. The SMILES string of the molecule is O=C(N[C@H]1CC(=O)N(c2ccc(Cl)cc2)C1)N1CCN(c2ccccc2)CC1. The van der Waals surface area contributed by atoms with Crippen molar-refractivity contribution >= 4 is 34.9 Å². The van der Waals surface area contributed by atoms with Gasteiger partial charge in [-0.15, -0.1) is 0 Å². The Balaban J connectivity index is 1.30. The van der Waals surface area contributed by atoms with E-state index in [0.717, 1.165) is 18.8 Å². The Morgan fingerprint density at radius 1 is 0.929 bits per heavy atom. The van der Waals surface area contributed by atoms with E-state index in [2.05, 4.69) is 22.3 Å². The van der Waals surface area contributed by atoms with Gasteiger partial charge in [-0.05, 0) is 36.4 Å². The molecule has 0 aromatic heterocycles. The molecule has 2 heterocycles. The van der Waals surface area contributed by atoms with Gasteiger partial charge in [0.05, 0.1) is 6.04 Å². The molecule has 1 N–H and O–H groups in total. The van der Waals surface area contributed by atoms with E-state index in [0.29, 0.717) is 31.1 Å². The van der Waals surface area contributed by atoms with Crippen molar-refractivity contribution in [3.05, 3.63) is 59.6 Å². The molecule has 0 radical (unpaired) electrons. The van der Waals surface area contributed by atoms with Crippen molar-refractivity contribution < 1.29 is 9.59 Å². The molecule has 0 bridgehead atoms. The molecule has 0 spiro atoms. The van der Waals surface area contributed by atoms with Crippen LogP contribution in [0.2, 0.25) is 5.02 Å². The number of hydrogen-bond donors (Lipinski definition) is 1. The Morgan fingerprint density at radius 2 is 1.61 bits per heavy atom. The summed E-state index contributed by atoms with van der Waals surface area (Å²) in [6.45, 7) is 3.43. The van der Waals surface area contributed by atoms with Gasteiger partial charge in [-0.1, -0.05) is 29.8 Å². The minimum atomic E-state index is -0.178. The number of carbonyl (C=O) groups is 2. The number of anilines is 2. The molecule has 1 atom stereocenters. The molecule has 3 amide bonds. The van der Waals surface area contributed by atoms with E-state index in [1.165, 1.54) is 5.69 Å². The molecule has 7 heteroatoms. The fourth-order valence-electron chi connectivity index (χ4n) is 3.75. The van der Waals surface area contributed by atoms with Crippen LogP contribution in [0.5, 0.6) is 0 Å². The first kappa shape index (κ1) is 18.6. The van der Waals surface area contributed by atoms with Crippen LogP contribution < -0.4 is 15.1 Å². The molecule has 28 heavy (non-hydrogen) atoms. The second-order valence-corrected chi connectivity index (χ2v) is 7.58. The van der Waals surface area contributed by atoms with Crippen molar-refractivity contribution in [1.82, 2.24) is 10.2 Å². The fourth-order valence-corrected chi connectivity index (χ4v) is 3.87. The maximum atomic E-state index is 12.6. The van der Waals surface area contributed by atoms with Gasteiger partial charge in [0, 0.05) is 55.5 Å². The Labute approximate surface area is 169 Å². The topological polar surface area (TPSA) is 55.9 Å². The summed E-state index contributed by atoms with van der Waals surface area (Å²) < 4.78 is 0. The lowest BCUT2D eigenvalue weighted by atomic mass is 10.2. The van der Waals surface area contributed by atoms with Gasteiger partial charge < -0.3 is 20.0 Å². The van der Waals surface area contributed by atoms with Crippen LogP contribution in [0.1, 0.15) is 6.42 Å². The highest BCUT2D eigenvalue weighted by molar-refractivity contribution is 6.30. The van der Waals surface area contributed by atoms with Gasteiger partial charge in [-0.2, -0.15) is 0 Å². The van der Waals surface area contributed by atoms with Crippen LogP contribution in [-0.2, 0) is 4.79 Å². The highest BCUT2D eigenvalue weighted by Crippen LogP contribution is 2.23. The zero-order valence-electron chi connectivity index (χ0n) is 15.6. The molecule has 0 aliphatic carbocycles. The van der Waals surface area contributed by atoms with Crippen molar-refractivity contribution in [1.29, 1.82) is 0 Å². The number of benzene rings is 2. The van der Waals surface area contributed by atoms with E-state index in [9.17, 15) is 9.59 Å². The highest BCUT2D eigenvalue weighted by atomic mass is 35.5. The molecule has 2 aliphatic heterocycles. The molecule has 2 saturated heterocycles. The average Bonchev–Trinajstić information content (AvgIpc) is 3.09. The van der Waals surface area contributed by atoms with Crippen LogP contribution in [0.3, 0.4) is 0 Å². The van der Waals surface area contributed by atoms with Gasteiger partial charge in [-0.25, -0.2) is 4.79 Å². The number of nitrogens with zero attached hydrogens (tertiary/aromatic N) is 3. The summed E-state index contributed by atoms with van der Waals surface area (Å²) in [4.78, 5) is 30.8. The van der Waals surface area contributed by atoms with E-state index < -0.39 is 0 Å². The lowest BCUT2D eigenvalue weighted by molar-refractivity contribution is -0.117. The van der Waals surface area contributed by atoms with Crippen molar-refractivity contribution in [3.63, 3.8) is 0 Å². The van der Waals surface area contributed by atoms with Gasteiger partial charge >= 0.3 is 6.03 Å². The zero-order valence-corrected chi connectivity index (χ0v) is 16.3. The molecule has 2 aliphatic rings. The predicted molar refractivity (Wildman–Crippen MR) is 111 cm³/mol. The van der Waals surface area contributed by atoms with E-state index in [4.69, 9.17) is 11.6 Å². The van der Waals surface area contributed by atoms with E-state index in [1.807, 2.05) is 35.2 Å². The third-order valence-electron chi connectivity index (χ3n) is 5.28. The van der Waals surface area contributed by atoms with Crippen LogP contribution in [0.4, 0.5) is 16.2 Å². The largest absolute Gasteiger partial charge is 0.368 e. The first-order valence-corrected chi connectivity index (χ1v) is 9.89. The number of halogens is 1. The number of piperazine rings is 1. The molecule has 2 aromatic rings. The first-order valence-electron chi connectivity index (χ1n) is 9.51. The van der Waals surface area contributed by atoms with E-state index in [1.54, 1.807) is 17.0 Å². The van der Waals surface area contributed by atoms with Crippen molar-refractivity contribution in [3.8, 4) is 0 Å². The number of carbonyl (C=O) groups excluding carboxylic acids is 2. The van der Waals surface area contributed by atoms with E-state index >= 15 is 0 Å². The number of hydrogen-bond acceptors (Lipinski definition) is 3. The predicted octanol–water partition coefficient (Wildman–Crippen LogP) is 2.98. The Kier molecular flexibility index (Phi) is 5.39. The second-order valence-electron chi connectivity index (χ2n) is 7.14. The molecular formula is C21H23ClN4O2. The summed E-state index contributed by atoms with van der Waals surface area (Å²) in [5.74, 6) is 0.0153. The van der Waals surface area contributed by atoms with Crippen molar-refractivity contribution in [2.45, 2.75) is 12.5 Å². The second kappa shape index (κ2) is 8.10. The van der Waals surface area contributed by atoms with Crippen LogP contribution in [0.25, 0.3) is 0 Å². The molecule has 0 saturated carbocycles. The van der Waals surface area contributed by atoms with E-state index in [-0.39, 0.29) is 18.0 Å². The Hall–Kier alpha value is -2.73. The molecular weight excluding hydrogens is 376 g/mol. The normalized spacial score (nSPS) is 19.8. The van der Waals surface area contributed by atoms with Crippen LogP contribution >= 0.6 is 11.6 Å². The quantitative estimate of drug-likeness (QED) is 0.864. The minimum Gasteiger partial charge on any atom is -0.368 e. The Bertz CT molecular complexity index is 835. The first-order chi connectivity index (χ1) is 13.6. The van der Waals surface area contributed by atoms with Crippen molar-refractivity contribution in [2.75, 3.05) is 42.5 Å². The van der Waals surface area contributed by atoms with Crippen LogP contribution in [0, 0.1) is 0 Å². The minimum absolute atomic E-state index is 0.0153. The average molecular weight is 399 g/mol. The summed E-state index contributed by atoms with van der Waals surface area (Å²) in [5.41, 5.74) is 1.99. The number of urea groups is 1. The van der Waals surface area contributed by atoms with Gasteiger partial charge in [0.2, 0.25) is 5.91 Å². The van der Waals surface area contributed by atoms with Crippen LogP contribution in [-0.4, -0.2) is 55.6 Å². The maximum Gasteiger partial charge on any atom is 0.317 e. The summed E-state index contributed by atoms with van der Waals surface area (Å²) in [7, 11) is 0. The molecule has 4 rings (SSSR count). The molecule has 2 fully saturated rings. The maximum absolute atomic E-state index is 12.6.